The molecule has 25 heavy (non-hydrogen) atoms. The first-order valence-electron chi connectivity index (χ1n) is 9.55. The largest absolute Gasteiger partial charge is 0.269 e. The van der Waals surface area contributed by atoms with Gasteiger partial charge >= 0.3 is 0 Å². The number of benzene rings is 1. The summed E-state index contributed by atoms with van der Waals surface area (Å²) in [6.45, 7) is 12.7. The highest BCUT2D eigenvalue weighted by Gasteiger charge is 2.23. The molecule has 0 saturated heterocycles. The second kappa shape index (κ2) is 9.12. The van der Waals surface area contributed by atoms with Crippen molar-refractivity contribution in [3.63, 3.8) is 0 Å². The second-order valence-electron chi connectivity index (χ2n) is 7.64. The summed E-state index contributed by atoms with van der Waals surface area (Å²) in [6.07, 6.45) is 9.47. The molecule has 1 aliphatic carbocycles. The first-order valence-corrected chi connectivity index (χ1v) is 9.55. The average molecular weight is 342 g/mol. The van der Waals surface area contributed by atoms with Crippen molar-refractivity contribution in [2.45, 2.75) is 65.7 Å². The van der Waals surface area contributed by atoms with Crippen LogP contribution in [0.25, 0.3) is 5.57 Å². The molecule has 0 amide bonds. The van der Waals surface area contributed by atoms with Gasteiger partial charge in [0.25, 0.3) is 0 Å². The first kappa shape index (κ1) is 19.6. The monoisotopic (exact) mass is 341 g/mol. The SMILES string of the molecule is C=C(CC(C)c1c(F)cccc1/C(C)=C/N=C\C)C1CCC(C)CC1. The van der Waals surface area contributed by atoms with Crippen molar-refractivity contribution in [2.75, 3.05) is 0 Å². The molecule has 2 rings (SSSR count). The van der Waals surface area contributed by atoms with E-state index in [1.807, 2.05) is 26.1 Å². The summed E-state index contributed by atoms with van der Waals surface area (Å²) in [4.78, 5) is 4.19. The fourth-order valence-corrected chi connectivity index (χ4v) is 3.97. The lowest BCUT2D eigenvalue weighted by Gasteiger charge is -2.29. The van der Waals surface area contributed by atoms with Crippen molar-refractivity contribution in [1.29, 1.82) is 0 Å². The van der Waals surface area contributed by atoms with Crippen LogP contribution in [0.5, 0.6) is 0 Å². The highest BCUT2D eigenvalue weighted by molar-refractivity contribution is 5.69. The lowest BCUT2D eigenvalue weighted by molar-refractivity contribution is 0.314. The minimum Gasteiger partial charge on any atom is -0.269 e. The van der Waals surface area contributed by atoms with Crippen LogP contribution in [-0.4, -0.2) is 6.21 Å². The first-order chi connectivity index (χ1) is 11.9. The molecule has 1 aliphatic rings. The molecule has 0 bridgehead atoms. The second-order valence-corrected chi connectivity index (χ2v) is 7.64. The highest BCUT2D eigenvalue weighted by atomic mass is 19.1. The van der Waals surface area contributed by atoms with E-state index in [9.17, 15) is 4.39 Å². The molecule has 0 spiro atoms. The van der Waals surface area contributed by atoms with Gasteiger partial charge in [0.05, 0.1) is 0 Å². The highest BCUT2D eigenvalue weighted by Crippen LogP contribution is 2.38. The number of aliphatic imine (C=N–C) groups is 1. The molecule has 1 aromatic rings. The van der Waals surface area contributed by atoms with Gasteiger partial charge in [-0.1, -0.05) is 51.0 Å². The Morgan fingerprint density at radius 1 is 1.32 bits per heavy atom. The molecule has 0 radical (unpaired) electrons. The molecule has 1 aromatic carbocycles. The third-order valence-corrected chi connectivity index (χ3v) is 5.55. The van der Waals surface area contributed by atoms with E-state index < -0.39 is 0 Å². The predicted octanol–water partition coefficient (Wildman–Crippen LogP) is 7.15. The summed E-state index contributed by atoms with van der Waals surface area (Å²) < 4.78 is 14.6. The number of hydrogen-bond acceptors (Lipinski definition) is 1. The van der Waals surface area contributed by atoms with Crippen LogP contribution in [0.4, 0.5) is 4.39 Å². The summed E-state index contributed by atoms with van der Waals surface area (Å²) in [5, 5.41) is 0. The normalized spacial score (nSPS) is 23.0. The Labute approximate surface area is 152 Å². The number of hydrogen-bond donors (Lipinski definition) is 0. The maximum Gasteiger partial charge on any atom is 0.127 e. The maximum atomic E-state index is 14.6. The van der Waals surface area contributed by atoms with Crippen molar-refractivity contribution in [1.82, 2.24) is 0 Å². The van der Waals surface area contributed by atoms with Crippen molar-refractivity contribution < 1.29 is 4.39 Å². The Hall–Kier alpha value is -1.70. The maximum absolute atomic E-state index is 14.6. The molecule has 136 valence electrons. The molecule has 1 fully saturated rings. The molecule has 0 aromatic heterocycles. The van der Waals surface area contributed by atoms with Gasteiger partial charge < -0.3 is 0 Å². The van der Waals surface area contributed by atoms with E-state index in [4.69, 9.17) is 0 Å². The molecular weight excluding hydrogens is 309 g/mol. The average Bonchev–Trinajstić information content (AvgIpc) is 2.59. The van der Waals surface area contributed by atoms with Gasteiger partial charge in [-0.05, 0) is 73.6 Å². The van der Waals surface area contributed by atoms with Crippen molar-refractivity contribution in [3.8, 4) is 0 Å². The smallest absolute Gasteiger partial charge is 0.127 e. The zero-order valence-corrected chi connectivity index (χ0v) is 16.2. The molecule has 1 atom stereocenters. The van der Waals surface area contributed by atoms with Crippen LogP contribution in [0.15, 0.2) is 41.5 Å². The summed E-state index contributed by atoms with van der Waals surface area (Å²) in [5.74, 6) is 1.45. The van der Waals surface area contributed by atoms with Gasteiger partial charge in [-0.3, -0.25) is 4.99 Å². The van der Waals surface area contributed by atoms with Crippen molar-refractivity contribution >= 4 is 11.8 Å². The topological polar surface area (TPSA) is 12.4 Å². The minimum absolute atomic E-state index is 0.122. The van der Waals surface area contributed by atoms with Gasteiger partial charge in [-0.2, -0.15) is 0 Å². The summed E-state index contributed by atoms with van der Waals surface area (Å²) in [7, 11) is 0. The number of halogens is 1. The van der Waals surface area contributed by atoms with E-state index in [0.29, 0.717) is 5.92 Å². The molecule has 0 aliphatic heterocycles. The van der Waals surface area contributed by atoms with E-state index in [1.165, 1.54) is 31.3 Å². The third kappa shape index (κ3) is 5.14. The van der Waals surface area contributed by atoms with Gasteiger partial charge in [-0.15, -0.1) is 0 Å². The molecular formula is C23H32FN. The predicted molar refractivity (Wildman–Crippen MR) is 108 cm³/mol. The van der Waals surface area contributed by atoms with Crippen molar-refractivity contribution in [3.05, 3.63) is 53.5 Å². The lowest BCUT2D eigenvalue weighted by Crippen LogP contribution is -2.15. The summed E-state index contributed by atoms with van der Waals surface area (Å²) >= 11 is 0. The van der Waals surface area contributed by atoms with Crippen LogP contribution < -0.4 is 0 Å². The standard InChI is InChI=1S/C23H32FN/c1-6-25-15-19(5)21-8-7-9-22(24)23(21)18(4)14-17(3)20-12-10-16(2)11-13-20/h6-9,15-16,18,20H,3,10-14H2,1-2,4-5H3/b19-15+,25-6-. The van der Waals surface area contributed by atoms with Gasteiger partial charge in [-0.25, -0.2) is 4.39 Å². The summed E-state index contributed by atoms with van der Waals surface area (Å²) in [6, 6.07) is 5.35. The molecule has 0 heterocycles. The number of allylic oxidation sites excluding steroid dienone is 2. The third-order valence-electron chi connectivity index (χ3n) is 5.55. The number of rotatable bonds is 6. The van der Waals surface area contributed by atoms with Crippen LogP contribution in [0, 0.1) is 17.7 Å². The molecule has 1 nitrogen and oxygen atoms in total. The Morgan fingerprint density at radius 3 is 2.64 bits per heavy atom. The molecule has 1 saturated carbocycles. The van der Waals surface area contributed by atoms with Crippen molar-refractivity contribution in [2.24, 2.45) is 16.8 Å². The Kier molecular flexibility index (Phi) is 7.16. The van der Waals surface area contributed by atoms with Gasteiger partial charge in [0.2, 0.25) is 0 Å². The lowest BCUT2D eigenvalue weighted by atomic mass is 9.76. The van der Waals surface area contributed by atoms with E-state index in [-0.39, 0.29) is 11.7 Å². The van der Waals surface area contributed by atoms with Gasteiger partial charge in [0.15, 0.2) is 0 Å². The zero-order chi connectivity index (χ0) is 18.4. The quantitative estimate of drug-likeness (QED) is 0.385. The van der Waals surface area contributed by atoms with Crippen LogP contribution in [0.1, 0.15) is 76.8 Å². The van der Waals surface area contributed by atoms with Gasteiger partial charge in [0.1, 0.15) is 5.82 Å². The molecule has 1 unspecified atom stereocenters. The van der Waals surface area contributed by atoms with E-state index >= 15 is 0 Å². The summed E-state index contributed by atoms with van der Waals surface area (Å²) in [5.41, 5.74) is 4.05. The van der Waals surface area contributed by atoms with E-state index in [1.54, 1.807) is 18.3 Å². The Morgan fingerprint density at radius 2 is 2.00 bits per heavy atom. The van der Waals surface area contributed by atoms with Crippen LogP contribution >= 0.6 is 0 Å². The fourth-order valence-electron chi connectivity index (χ4n) is 3.97. The van der Waals surface area contributed by atoms with Gasteiger partial charge in [0, 0.05) is 12.4 Å². The van der Waals surface area contributed by atoms with E-state index in [0.717, 1.165) is 29.0 Å². The fraction of sp³-hybridized carbons (Fsp3) is 0.522. The van der Waals surface area contributed by atoms with E-state index in [2.05, 4.69) is 25.4 Å². The molecule has 0 N–H and O–H groups in total. The Bertz CT molecular complexity index is 648. The van der Waals surface area contributed by atoms with Crippen LogP contribution in [-0.2, 0) is 0 Å². The minimum atomic E-state index is -0.122. The Balaban J connectivity index is 2.18. The van der Waals surface area contributed by atoms with Crippen LogP contribution in [0.3, 0.4) is 0 Å². The zero-order valence-electron chi connectivity index (χ0n) is 16.2. The van der Waals surface area contributed by atoms with Crippen LogP contribution in [0.2, 0.25) is 0 Å². The number of nitrogens with zero attached hydrogens (tertiary/aromatic N) is 1. The molecule has 2 heteroatoms.